The number of nitro groups is 1. The Bertz CT molecular complexity index is 813. The Morgan fingerprint density at radius 1 is 1.32 bits per heavy atom. The summed E-state index contributed by atoms with van der Waals surface area (Å²) in [7, 11) is 0. The molecule has 1 heterocycles. The summed E-state index contributed by atoms with van der Waals surface area (Å²) in [6, 6.07) is 8.25. The molecule has 25 heavy (non-hydrogen) atoms. The van der Waals surface area contributed by atoms with Gasteiger partial charge in [-0.2, -0.15) is 0 Å². The Morgan fingerprint density at radius 3 is 2.84 bits per heavy atom. The lowest BCUT2D eigenvalue weighted by Gasteiger charge is -2.22. The van der Waals surface area contributed by atoms with E-state index in [1.165, 1.54) is 12.1 Å². The molecule has 3 rings (SSSR count). The number of halogens is 2. The lowest BCUT2D eigenvalue weighted by molar-refractivity contribution is -0.385. The fourth-order valence-electron chi connectivity index (χ4n) is 2.74. The van der Waals surface area contributed by atoms with E-state index in [4.69, 9.17) is 32.7 Å². The van der Waals surface area contributed by atoms with Crippen molar-refractivity contribution >= 4 is 28.9 Å². The van der Waals surface area contributed by atoms with E-state index < -0.39 is 4.92 Å². The maximum absolute atomic E-state index is 11.1. The van der Waals surface area contributed by atoms with Gasteiger partial charge in [-0.1, -0.05) is 29.3 Å². The number of non-ortho nitro benzene ring substituents is 1. The van der Waals surface area contributed by atoms with Crippen LogP contribution in [0.25, 0.3) is 0 Å². The largest absolute Gasteiger partial charge is 0.467 e. The highest BCUT2D eigenvalue weighted by molar-refractivity contribution is 6.35. The number of ether oxygens (including phenoxy) is 2. The highest BCUT2D eigenvalue weighted by Crippen LogP contribution is 2.33. The van der Waals surface area contributed by atoms with Gasteiger partial charge < -0.3 is 14.8 Å². The molecule has 0 radical (unpaired) electrons. The molecule has 0 aliphatic carbocycles. The second-order valence-electron chi connectivity index (χ2n) is 5.73. The molecular formula is C17H16Cl2N2O4. The first kappa shape index (κ1) is 17.9. The number of nitrogens with one attached hydrogen (secondary N) is 1. The molecule has 132 valence electrons. The number of benzene rings is 2. The summed E-state index contributed by atoms with van der Waals surface area (Å²) in [5.74, 6) is 0.638. The second kappa shape index (κ2) is 7.58. The molecule has 1 aliphatic heterocycles. The summed E-state index contributed by atoms with van der Waals surface area (Å²) in [4.78, 5) is 10.7. The highest BCUT2D eigenvalue weighted by atomic mass is 35.5. The van der Waals surface area contributed by atoms with Crippen LogP contribution in [0.4, 0.5) is 5.69 Å². The molecule has 2 aromatic carbocycles. The van der Waals surface area contributed by atoms with Crippen molar-refractivity contribution in [3.05, 3.63) is 67.2 Å². The zero-order chi connectivity index (χ0) is 18.0. The summed E-state index contributed by atoms with van der Waals surface area (Å²) in [6.45, 7) is 2.78. The quantitative estimate of drug-likeness (QED) is 0.603. The van der Waals surface area contributed by atoms with Crippen molar-refractivity contribution in [1.82, 2.24) is 5.32 Å². The number of hydrogen-bond acceptors (Lipinski definition) is 5. The summed E-state index contributed by atoms with van der Waals surface area (Å²) in [6.07, 6.45) is 0. The molecule has 0 bridgehead atoms. The summed E-state index contributed by atoms with van der Waals surface area (Å²) in [5.41, 5.74) is 2.30. The lowest BCUT2D eigenvalue weighted by atomic mass is 10.0. The van der Waals surface area contributed by atoms with Gasteiger partial charge in [0.25, 0.3) is 5.69 Å². The van der Waals surface area contributed by atoms with E-state index in [-0.39, 0.29) is 18.5 Å². The normalized spacial score (nSPS) is 14.5. The second-order valence-corrected chi connectivity index (χ2v) is 6.57. The summed E-state index contributed by atoms with van der Waals surface area (Å²) < 4.78 is 10.8. The van der Waals surface area contributed by atoms with Crippen molar-refractivity contribution in [2.75, 3.05) is 6.79 Å². The van der Waals surface area contributed by atoms with Crippen LogP contribution in [0.1, 0.15) is 29.7 Å². The van der Waals surface area contributed by atoms with Gasteiger partial charge in [-0.05, 0) is 24.6 Å². The van der Waals surface area contributed by atoms with Crippen LogP contribution in [0.15, 0.2) is 30.3 Å². The smallest absolute Gasteiger partial charge is 0.270 e. The first-order chi connectivity index (χ1) is 12.0. The first-order valence-corrected chi connectivity index (χ1v) is 8.40. The number of nitrogens with zero attached hydrogens (tertiary/aromatic N) is 1. The Kier molecular flexibility index (Phi) is 5.44. The van der Waals surface area contributed by atoms with E-state index in [1.54, 1.807) is 12.1 Å². The number of hydrogen-bond donors (Lipinski definition) is 1. The van der Waals surface area contributed by atoms with E-state index in [2.05, 4.69) is 5.32 Å². The van der Waals surface area contributed by atoms with Gasteiger partial charge in [0.05, 0.1) is 11.5 Å². The standard InChI is InChI=1S/C17H16Cl2N2O4/c1-10(15-3-2-13(18)6-16(15)19)20-7-11-4-14(21(22)23)5-12-8-24-9-25-17(11)12/h2-6,10,20H,7-9H2,1H3/t10-/m0/s1. The summed E-state index contributed by atoms with van der Waals surface area (Å²) >= 11 is 12.2. The Morgan fingerprint density at radius 2 is 2.12 bits per heavy atom. The third-order valence-electron chi connectivity index (χ3n) is 4.01. The van der Waals surface area contributed by atoms with Crippen LogP contribution in [0.3, 0.4) is 0 Å². The van der Waals surface area contributed by atoms with Crippen LogP contribution in [-0.4, -0.2) is 11.7 Å². The Balaban J connectivity index is 1.82. The van der Waals surface area contributed by atoms with Crippen molar-refractivity contribution in [1.29, 1.82) is 0 Å². The SMILES string of the molecule is C[C@H](NCc1cc([N+](=O)[O-])cc2c1OCOC2)c1ccc(Cl)cc1Cl. The first-order valence-electron chi connectivity index (χ1n) is 7.64. The maximum Gasteiger partial charge on any atom is 0.270 e. The van der Waals surface area contributed by atoms with E-state index in [9.17, 15) is 10.1 Å². The van der Waals surface area contributed by atoms with Crippen LogP contribution in [0.2, 0.25) is 10.0 Å². The predicted octanol–water partition coefficient (Wildman–Crippen LogP) is 4.62. The maximum atomic E-state index is 11.1. The van der Waals surface area contributed by atoms with Gasteiger partial charge in [-0.25, -0.2) is 0 Å². The lowest BCUT2D eigenvalue weighted by Crippen LogP contribution is -2.21. The topological polar surface area (TPSA) is 73.6 Å². The third kappa shape index (κ3) is 4.04. The van der Waals surface area contributed by atoms with E-state index in [1.807, 2.05) is 13.0 Å². The number of nitro benzene ring substituents is 1. The van der Waals surface area contributed by atoms with Crippen LogP contribution < -0.4 is 10.1 Å². The van der Waals surface area contributed by atoms with Gasteiger partial charge in [0.1, 0.15) is 5.75 Å². The van der Waals surface area contributed by atoms with Crippen molar-refractivity contribution in [2.24, 2.45) is 0 Å². The molecule has 0 fully saturated rings. The molecule has 2 aromatic rings. The van der Waals surface area contributed by atoms with E-state index in [0.29, 0.717) is 40.1 Å². The highest BCUT2D eigenvalue weighted by Gasteiger charge is 2.21. The molecule has 0 saturated heterocycles. The van der Waals surface area contributed by atoms with E-state index in [0.717, 1.165) is 5.56 Å². The monoisotopic (exact) mass is 382 g/mol. The molecule has 1 N–H and O–H groups in total. The van der Waals surface area contributed by atoms with Gasteiger partial charge in [-0.3, -0.25) is 10.1 Å². The van der Waals surface area contributed by atoms with Crippen molar-refractivity contribution in [2.45, 2.75) is 26.1 Å². The van der Waals surface area contributed by atoms with Crippen LogP contribution in [0, 0.1) is 10.1 Å². The Hall–Kier alpha value is -1.86. The number of fused-ring (bicyclic) bond motifs is 1. The molecule has 0 saturated carbocycles. The number of rotatable bonds is 5. The Labute approximate surface area is 154 Å². The minimum absolute atomic E-state index is 0.0156. The minimum atomic E-state index is -0.419. The van der Waals surface area contributed by atoms with Gasteiger partial charge in [0.15, 0.2) is 6.79 Å². The zero-order valence-electron chi connectivity index (χ0n) is 13.4. The van der Waals surface area contributed by atoms with Crippen molar-refractivity contribution in [3.63, 3.8) is 0 Å². The fraction of sp³-hybridized carbons (Fsp3) is 0.294. The molecule has 8 heteroatoms. The minimum Gasteiger partial charge on any atom is -0.467 e. The average molecular weight is 383 g/mol. The molecule has 1 atom stereocenters. The van der Waals surface area contributed by atoms with Crippen LogP contribution >= 0.6 is 23.2 Å². The molecule has 1 aliphatic rings. The molecule has 0 amide bonds. The van der Waals surface area contributed by atoms with Crippen LogP contribution in [-0.2, 0) is 17.9 Å². The molecule has 6 nitrogen and oxygen atoms in total. The van der Waals surface area contributed by atoms with Crippen LogP contribution in [0.5, 0.6) is 5.75 Å². The predicted molar refractivity (Wildman–Crippen MR) is 95.1 cm³/mol. The van der Waals surface area contributed by atoms with Crippen molar-refractivity contribution in [3.8, 4) is 5.75 Å². The molecule has 0 unspecified atom stereocenters. The molecule has 0 aromatic heterocycles. The third-order valence-corrected chi connectivity index (χ3v) is 4.57. The van der Waals surface area contributed by atoms with E-state index >= 15 is 0 Å². The molecule has 0 spiro atoms. The molecular weight excluding hydrogens is 367 g/mol. The average Bonchev–Trinajstić information content (AvgIpc) is 2.59. The van der Waals surface area contributed by atoms with Gasteiger partial charge >= 0.3 is 0 Å². The van der Waals surface area contributed by atoms with Gasteiger partial charge in [-0.15, -0.1) is 0 Å². The van der Waals surface area contributed by atoms with Crippen molar-refractivity contribution < 1.29 is 14.4 Å². The van der Waals surface area contributed by atoms with Gasteiger partial charge in [0.2, 0.25) is 0 Å². The fourth-order valence-corrected chi connectivity index (χ4v) is 3.32. The summed E-state index contributed by atoms with van der Waals surface area (Å²) in [5, 5.41) is 15.6. The van der Waals surface area contributed by atoms with Gasteiger partial charge in [0, 0.05) is 45.9 Å². The zero-order valence-corrected chi connectivity index (χ0v) is 14.9.